The predicted octanol–water partition coefficient (Wildman–Crippen LogP) is 8.02. The zero-order valence-electron chi connectivity index (χ0n) is 17.1. The summed E-state index contributed by atoms with van der Waals surface area (Å²) in [5.74, 6) is -1.59. The van der Waals surface area contributed by atoms with Gasteiger partial charge in [-0.3, -0.25) is 0 Å². The summed E-state index contributed by atoms with van der Waals surface area (Å²) in [5, 5.41) is 0. The van der Waals surface area contributed by atoms with Gasteiger partial charge >= 0.3 is 6.36 Å². The molecule has 4 rings (SSSR count). The molecule has 4 atom stereocenters. The molecule has 4 unspecified atom stereocenters. The number of hydrogen-bond donors (Lipinski definition) is 0. The maximum Gasteiger partial charge on any atom is 0.573 e. The Bertz CT molecular complexity index is 911. The van der Waals surface area contributed by atoms with Crippen LogP contribution in [-0.2, 0) is 0 Å². The van der Waals surface area contributed by atoms with Crippen LogP contribution in [-0.4, -0.2) is 6.36 Å². The Kier molecular flexibility index (Phi) is 6.09. The minimum absolute atomic E-state index is 0.169. The third-order valence-electron chi connectivity index (χ3n) is 6.92. The van der Waals surface area contributed by atoms with E-state index in [1.165, 1.54) is 31.2 Å². The smallest absolute Gasteiger partial charge is 0.399 e. The molecule has 0 saturated heterocycles. The van der Waals surface area contributed by atoms with Crippen molar-refractivity contribution < 1.29 is 26.7 Å². The summed E-state index contributed by atoms with van der Waals surface area (Å²) < 4.78 is 68.5. The van der Waals surface area contributed by atoms with E-state index in [-0.39, 0.29) is 5.56 Å². The molecule has 0 aromatic heterocycles. The molecule has 0 N–H and O–H groups in total. The summed E-state index contributed by atoms with van der Waals surface area (Å²) in [7, 11) is 0. The van der Waals surface area contributed by atoms with Crippen LogP contribution in [0.3, 0.4) is 0 Å². The van der Waals surface area contributed by atoms with E-state index in [2.05, 4.69) is 17.4 Å². The van der Waals surface area contributed by atoms with Gasteiger partial charge in [0, 0.05) is 0 Å². The number of halogens is 5. The van der Waals surface area contributed by atoms with Crippen LogP contribution in [0.4, 0.5) is 22.0 Å². The maximum absolute atomic E-state index is 14.0. The van der Waals surface area contributed by atoms with Crippen LogP contribution in [0.2, 0.25) is 0 Å². The third-order valence-corrected chi connectivity index (χ3v) is 6.92. The normalized spacial score (nSPS) is 26.2. The number of alkyl halides is 3. The molecule has 2 aliphatic carbocycles. The van der Waals surface area contributed by atoms with E-state index in [0.29, 0.717) is 17.4 Å². The van der Waals surface area contributed by atoms with Gasteiger partial charge in [-0.1, -0.05) is 30.3 Å². The first kappa shape index (κ1) is 21.8. The molecule has 2 saturated carbocycles. The first-order chi connectivity index (χ1) is 14.7. The van der Waals surface area contributed by atoms with Crippen LogP contribution in [0, 0.1) is 29.4 Å². The van der Waals surface area contributed by atoms with Crippen LogP contribution >= 0.6 is 0 Å². The number of hydrogen-bond acceptors (Lipinski definition) is 1. The summed E-state index contributed by atoms with van der Waals surface area (Å²) in [4.78, 5) is 0. The van der Waals surface area contributed by atoms with Crippen LogP contribution in [0.5, 0.6) is 5.75 Å². The predicted molar refractivity (Wildman–Crippen MR) is 110 cm³/mol. The minimum atomic E-state index is -5.16. The molecule has 0 heterocycles. The highest BCUT2D eigenvalue weighted by Crippen LogP contribution is 2.48. The molecule has 0 amide bonds. The lowest BCUT2D eigenvalue weighted by molar-refractivity contribution is -0.276. The molecule has 6 heteroatoms. The Labute approximate surface area is 178 Å². The van der Waals surface area contributed by atoms with Crippen molar-refractivity contribution in [3.63, 3.8) is 0 Å². The van der Waals surface area contributed by atoms with Crippen molar-refractivity contribution in [3.8, 4) is 16.9 Å². The van der Waals surface area contributed by atoms with Crippen LogP contribution in [0.1, 0.15) is 50.0 Å². The second-order valence-electron chi connectivity index (χ2n) is 8.78. The number of rotatable bonds is 4. The number of fused-ring (bicyclic) bond motifs is 1. The lowest BCUT2D eigenvalue weighted by atomic mass is 9.64. The first-order valence-electron chi connectivity index (χ1n) is 10.7. The van der Waals surface area contributed by atoms with Gasteiger partial charge in [0.1, 0.15) is 0 Å². The molecule has 1 nitrogen and oxygen atoms in total. The van der Waals surface area contributed by atoms with E-state index in [9.17, 15) is 22.0 Å². The van der Waals surface area contributed by atoms with Gasteiger partial charge in [-0.15, -0.1) is 19.8 Å². The van der Waals surface area contributed by atoms with Crippen LogP contribution in [0.25, 0.3) is 11.1 Å². The zero-order valence-corrected chi connectivity index (χ0v) is 17.1. The highest BCUT2D eigenvalue weighted by atomic mass is 19.4. The summed E-state index contributed by atoms with van der Waals surface area (Å²) in [6, 6.07) is 9.20. The highest BCUT2D eigenvalue weighted by molar-refractivity contribution is 5.65. The van der Waals surface area contributed by atoms with Crippen LogP contribution < -0.4 is 4.74 Å². The largest absolute Gasteiger partial charge is 0.573 e. The lowest BCUT2D eigenvalue weighted by Crippen LogP contribution is -2.29. The van der Waals surface area contributed by atoms with Crippen molar-refractivity contribution in [2.45, 2.75) is 50.8 Å². The molecular formula is C25H25F5O. The SMILES string of the molecule is C=CC1CCC2CC(c3ccc(-c4cc(F)c(OC(F)(F)F)c(F)c4)cc3)CCC2C1. The monoisotopic (exact) mass is 436 g/mol. The second-order valence-corrected chi connectivity index (χ2v) is 8.78. The van der Waals surface area contributed by atoms with E-state index in [0.717, 1.165) is 36.8 Å². The van der Waals surface area contributed by atoms with E-state index >= 15 is 0 Å². The average Bonchev–Trinajstić information content (AvgIpc) is 2.75. The maximum atomic E-state index is 14.0. The highest BCUT2D eigenvalue weighted by Gasteiger charge is 2.36. The number of allylic oxidation sites excluding steroid dienone is 1. The number of benzene rings is 2. The van der Waals surface area contributed by atoms with Crippen molar-refractivity contribution >= 4 is 0 Å². The summed E-state index contributed by atoms with van der Waals surface area (Å²) >= 11 is 0. The van der Waals surface area contributed by atoms with Crippen molar-refractivity contribution in [1.29, 1.82) is 0 Å². The zero-order chi connectivity index (χ0) is 22.2. The van der Waals surface area contributed by atoms with Gasteiger partial charge in [0.15, 0.2) is 11.6 Å². The quantitative estimate of drug-likeness (QED) is 0.348. The van der Waals surface area contributed by atoms with Crippen molar-refractivity contribution in [2.24, 2.45) is 17.8 Å². The number of ether oxygens (including phenoxy) is 1. The second kappa shape index (κ2) is 8.64. The molecule has 0 bridgehead atoms. The van der Waals surface area contributed by atoms with Crippen molar-refractivity contribution in [3.05, 3.63) is 66.3 Å². The lowest BCUT2D eigenvalue weighted by Gasteiger charge is -2.41. The topological polar surface area (TPSA) is 9.23 Å². The molecule has 0 radical (unpaired) electrons. The van der Waals surface area contributed by atoms with Gasteiger partial charge in [-0.25, -0.2) is 8.78 Å². The molecule has 2 fully saturated rings. The van der Waals surface area contributed by atoms with Gasteiger partial charge in [-0.2, -0.15) is 0 Å². The van der Waals surface area contributed by atoms with Gasteiger partial charge in [-0.05, 0) is 91.0 Å². The molecule has 0 aliphatic heterocycles. The van der Waals surface area contributed by atoms with E-state index in [1.54, 1.807) is 12.1 Å². The fourth-order valence-electron chi connectivity index (χ4n) is 5.33. The Hall–Kier alpha value is -2.37. The molecule has 31 heavy (non-hydrogen) atoms. The summed E-state index contributed by atoms with van der Waals surface area (Å²) in [5.41, 5.74) is 1.91. The molecule has 2 aromatic rings. The van der Waals surface area contributed by atoms with Crippen LogP contribution in [0.15, 0.2) is 49.1 Å². The fraction of sp³-hybridized carbons (Fsp3) is 0.440. The van der Waals surface area contributed by atoms with E-state index in [1.807, 2.05) is 12.1 Å². The minimum Gasteiger partial charge on any atom is -0.399 e. The Morgan fingerprint density at radius 3 is 2.06 bits per heavy atom. The average molecular weight is 436 g/mol. The molecule has 0 spiro atoms. The fourth-order valence-corrected chi connectivity index (χ4v) is 5.33. The Morgan fingerprint density at radius 2 is 1.45 bits per heavy atom. The molecule has 2 aliphatic rings. The summed E-state index contributed by atoms with van der Waals surface area (Å²) in [6.45, 7) is 3.95. The Balaban J connectivity index is 1.47. The van der Waals surface area contributed by atoms with Gasteiger partial charge in [0.2, 0.25) is 5.75 Å². The van der Waals surface area contributed by atoms with Gasteiger partial charge < -0.3 is 4.74 Å². The Morgan fingerprint density at radius 1 is 0.839 bits per heavy atom. The van der Waals surface area contributed by atoms with E-state index < -0.39 is 23.7 Å². The molecular weight excluding hydrogens is 411 g/mol. The van der Waals surface area contributed by atoms with Gasteiger partial charge in [0.05, 0.1) is 0 Å². The van der Waals surface area contributed by atoms with E-state index in [4.69, 9.17) is 0 Å². The summed E-state index contributed by atoms with van der Waals surface area (Å²) in [6.07, 6.45) is 4.10. The van der Waals surface area contributed by atoms with Crippen molar-refractivity contribution in [1.82, 2.24) is 0 Å². The van der Waals surface area contributed by atoms with Gasteiger partial charge in [0.25, 0.3) is 0 Å². The molecule has 2 aromatic carbocycles. The standard InChI is InChI=1S/C25H25F5O/c1-2-15-3-4-20-12-19(10-9-18(20)11-15)16-5-7-17(8-6-16)21-13-22(26)24(23(27)14-21)31-25(28,29)30/h2,5-8,13-15,18-20H,1,3-4,9-12H2. The van der Waals surface area contributed by atoms with Crippen molar-refractivity contribution in [2.75, 3.05) is 0 Å². The third kappa shape index (κ3) is 4.94. The first-order valence-corrected chi connectivity index (χ1v) is 10.7. The molecule has 166 valence electrons.